The smallest absolute Gasteiger partial charge is 0.303 e. The lowest BCUT2D eigenvalue weighted by Crippen LogP contribution is -2.12. The molecule has 0 aliphatic rings. The molecule has 1 aromatic heterocycles. The summed E-state index contributed by atoms with van der Waals surface area (Å²) >= 11 is 0. The summed E-state index contributed by atoms with van der Waals surface area (Å²) in [6, 6.07) is 0. The molecule has 0 fully saturated rings. The molecule has 0 aliphatic carbocycles. The van der Waals surface area contributed by atoms with Gasteiger partial charge in [-0.2, -0.15) is 0 Å². The second-order valence-electron chi connectivity index (χ2n) is 4.43. The van der Waals surface area contributed by atoms with Crippen molar-refractivity contribution in [2.24, 2.45) is 0 Å². The van der Waals surface area contributed by atoms with Crippen molar-refractivity contribution >= 4 is 11.8 Å². The fourth-order valence-corrected chi connectivity index (χ4v) is 1.77. The maximum Gasteiger partial charge on any atom is 0.303 e. The molecule has 0 spiro atoms. The molecule has 1 aromatic rings. The van der Waals surface area contributed by atoms with Gasteiger partial charge < -0.3 is 5.11 Å². The number of carbonyl (C=O) groups is 2. The molecule has 1 unspecified atom stereocenters. The first-order chi connectivity index (χ1) is 9.02. The maximum atomic E-state index is 11.8. The van der Waals surface area contributed by atoms with Gasteiger partial charge in [0.05, 0.1) is 6.42 Å². The Kier molecular flexibility index (Phi) is 5.85. The molecule has 0 aromatic carbocycles. The number of nitrogens with zero attached hydrogens (tertiary/aromatic N) is 2. The number of aromatic nitrogens is 2. The molecule has 1 heterocycles. The number of carbonyl (C=O) groups excluding carboxylic acids is 1. The lowest BCUT2D eigenvalue weighted by atomic mass is 9.91. The van der Waals surface area contributed by atoms with Crippen molar-refractivity contribution in [1.82, 2.24) is 9.97 Å². The van der Waals surface area contributed by atoms with Gasteiger partial charge in [0.1, 0.15) is 11.6 Å². The number of rotatable bonds is 8. The van der Waals surface area contributed by atoms with E-state index in [0.717, 1.165) is 0 Å². The van der Waals surface area contributed by atoms with E-state index in [2.05, 4.69) is 16.5 Å². The number of hydrogen-bond donors (Lipinski definition) is 1. The van der Waals surface area contributed by atoms with Crippen LogP contribution < -0.4 is 0 Å². The van der Waals surface area contributed by atoms with Gasteiger partial charge in [-0.25, -0.2) is 9.97 Å². The van der Waals surface area contributed by atoms with Gasteiger partial charge in [-0.3, -0.25) is 9.59 Å². The van der Waals surface area contributed by atoms with Gasteiger partial charge in [-0.1, -0.05) is 6.08 Å². The second kappa shape index (κ2) is 7.41. The van der Waals surface area contributed by atoms with Crippen molar-refractivity contribution in [3.05, 3.63) is 36.4 Å². The normalized spacial score (nSPS) is 11.8. The van der Waals surface area contributed by atoms with E-state index in [4.69, 9.17) is 5.11 Å². The summed E-state index contributed by atoms with van der Waals surface area (Å²) in [6.07, 6.45) is 5.99. The second-order valence-corrected chi connectivity index (χ2v) is 4.43. The minimum atomic E-state index is -0.929. The largest absolute Gasteiger partial charge is 0.481 e. The molecule has 0 saturated heterocycles. The van der Waals surface area contributed by atoms with Crippen molar-refractivity contribution < 1.29 is 14.7 Å². The van der Waals surface area contributed by atoms with Crippen LogP contribution in [-0.2, 0) is 9.59 Å². The Morgan fingerprint density at radius 3 is 2.53 bits per heavy atom. The first kappa shape index (κ1) is 15.0. The molecule has 1 N–H and O–H groups in total. The molecule has 0 amide bonds. The quantitative estimate of drug-likeness (QED) is 0.727. The van der Waals surface area contributed by atoms with E-state index >= 15 is 0 Å². The highest BCUT2D eigenvalue weighted by Gasteiger charge is 2.19. The van der Waals surface area contributed by atoms with Gasteiger partial charge in [0.2, 0.25) is 0 Å². The standard InChI is InChI=1S/C14H18N2O3/c1-3-4-5-13(17)6-11(7-14(18)19)12-8-15-10(2)16-9-12/h3,8-9,11H,1,4-7H2,2H3,(H,18,19). The average molecular weight is 262 g/mol. The summed E-state index contributed by atoms with van der Waals surface area (Å²) in [5, 5.41) is 8.92. The van der Waals surface area contributed by atoms with E-state index < -0.39 is 5.97 Å². The zero-order valence-corrected chi connectivity index (χ0v) is 11.0. The number of Topliss-reactive ketones (excluding diaryl/α,β-unsaturated/α-hetero) is 1. The van der Waals surface area contributed by atoms with Crippen molar-refractivity contribution in [2.75, 3.05) is 0 Å². The third-order valence-corrected chi connectivity index (χ3v) is 2.79. The van der Waals surface area contributed by atoms with Crippen LogP contribution >= 0.6 is 0 Å². The van der Waals surface area contributed by atoms with Crippen LogP contribution in [0.3, 0.4) is 0 Å². The number of aryl methyl sites for hydroxylation is 1. The number of aliphatic carboxylic acids is 1. The highest BCUT2D eigenvalue weighted by Crippen LogP contribution is 2.23. The van der Waals surface area contributed by atoms with Crippen LogP contribution in [0.25, 0.3) is 0 Å². The van der Waals surface area contributed by atoms with Gasteiger partial charge >= 0.3 is 5.97 Å². The molecule has 0 aliphatic heterocycles. The molecule has 19 heavy (non-hydrogen) atoms. The Balaban J connectivity index is 2.76. The highest BCUT2D eigenvalue weighted by molar-refractivity contribution is 5.80. The summed E-state index contributed by atoms with van der Waals surface area (Å²) in [6.45, 7) is 5.32. The Bertz CT molecular complexity index is 454. The van der Waals surface area contributed by atoms with Crippen molar-refractivity contribution in [2.45, 2.75) is 38.5 Å². The van der Waals surface area contributed by atoms with Crippen LogP contribution in [0.2, 0.25) is 0 Å². The lowest BCUT2D eigenvalue weighted by Gasteiger charge is -2.13. The first-order valence-electron chi connectivity index (χ1n) is 6.16. The van der Waals surface area contributed by atoms with E-state index in [0.29, 0.717) is 24.2 Å². The number of hydrogen-bond acceptors (Lipinski definition) is 4. The molecule has 5 nitrogen and oxygen atoms in total. The predicted octanol–water partition coefficient (Wildman–Crippen LogP) is 2.27. The Hall–Kier alpha value is -2.04. The van der Waals surface area contributed by atoms with Gasteiger partial charge in [0.15, 0.2) is 0 Å². The van der Waals surface area contributed by atoms with E-state index in [-0.39, 0.29) is 24.5 Å². The number of ketones is 1. The summed E-state index contributed by atoms with van der Waals surface area (Å²) in [5.74, 6) is -0.639. The molecular weight excluding hydrogens is 244 g/mol. The SMILES string of the molecule is C=CCCC(=O)CC(CC(=O)O)c1cnc(C)nc1. The number of carboxylic acid groups (broad SMARTS) is 1. The zero-order valence-electron chi connectivity index (χ0n) is 11.0. The highest BCUT2D eigenvalue weighted by atomic mass is 16.4. The third-order valence-electron chi connectivity index (χ3n) is 2.79. The molecular formula is C14H18N2O3. The molecule has 0 radical (unpaired) electrons. The van der Waals surface area contributed by atoms with Crippen molar-refractivity contribution in [3.63, 3.8) is 0 Å². The molecule has 1 atom stereocenters. The molecule has 1 rings (SSSR count). The van der Waals surface area contributed by atoms with Gasteiger partial charge in [0.25, 0.3) is 0 Å². The van der Waals surface area contributed by atoms with E-state index in [1.807, 2.05) is 0 Å². The summed E-state index contributed by atoms with van der Waals surface area (Å²) in [7, 11) is 0. The molecule has 0 bridgehead atoms. The summed E-state index contributed by atoms with van der Waals surface area (Å²) < 4.78 is 0. The maximum absolute atomic E-state index is 11.8. The zero-order chi connectivity index (χ0) is 14.3. The number of carboxylic acids is 1. The van der Waals surface area contributed by atoms with Crippen LogP contribution in [0.15, 0.2) is 25.0 Å². The Labute approximate surface area is 112 Å². The van der Waals surface area contributed by atoms with Crippen LogP contribution in [-0.4, -0.2) is 26.8 Å². The van der Waals surface area contributed by atoms with Crippen LogP contribution in [0.4, 0.5) is 0 Å². The molecule has 102 valence electrons. The van der Waals surface area contributed by atoms with Gasteiger partial charge in [0, 0.05) is 31.2 Å². The predicted molar refractivity (Wildman–Crippen MR) is 70.8 cm³/mol. The van der Waals surface area contributed by atoms with Crippen molar-refractivity contribution in [3.8, 4) is 0 Å². The fourth-order valence-electron chi connectivity index (χ4n) is 1.77. The minimum Gasteiger partial charge on any atom is -0.481 e. The van der Waals surface area contributed by atoms with E-state index in [1.54, 1.807) is 25.4 Å². The van der Waals surface area contributed by atoms with Crippen LogP contribution in [0.5, 0.6) is 0 Å². The van der Waals surface area contributed by atoms with E-state index in [9.17, 15) is 9.59 Å². The summed E-state index contributed by atoms with van der Waals surface area (Å²) in [5.41, 5.74) is 0.694. The van der Waals surface area contributed by atoms with Crippen LogP contribution in [0, 0.1) is 6.92 Å². The number of allylic oxidation sites excluding steroid dienone is 1. The Morgan fingerprint density at radius 2 is 2.00 bits per heavy atom. The third kappa shape index (κ3) is 5.42. The van der Waals surface area contributed by atoms with Crippen molar-refractivity contribution in [1.29, 1.82) is 0 Å². The average Bonchev–Trinajstić information content (AvgIpc) is 2.36. The van der Waals surface area contributed by atoms with Crippen LogP contribution in [0.1, 0.15) is 43.0 Å². The lowest BCUT2D eigenvalue weighted by molar-refractivity contribution is -0.137. The fraction of sp³-hybridized carbons (Fsp3) is 0.429. The van der Waals surface area contributed by atoms with Gasteiger partial charge in [-0.05, 0) is 18.9 Å². The summed E-state index contributed by atoms with van der Waals surface area (Å²) in [4.78, 5) is 30.7. The monoisotopic (exact) mass is 262 g/mol. The molecule has 5 heteroatoms. The topological polar surface area (TPSA) is 80.2 Å². The first-order valence-corrected chi connectivity index (χ1v) is 6.16. The Morgan fingerprint density at radius 1 is 1.37 bits per heavy atom. The van der Waals surface area contributed by atoms with Gasteiger partial charge in [-0.15, -0.1) is 6.58 Å². The van der Waals surface area contributed by atoms with E-state index in [1.165, 1.54) is 0 Å². The minimum absolute atomic E-state index is 0.0340. The molecule has 0 saturated carbocycles.